The molecule has 0 aliphatic carbocycles. The minimum atomic E-state index is 0.271. The van der Waals surface area contributed by atoms with Crippen molar-refractivity contribution in [3.8, 4) is 0 Å². The third kappa shape index (κ3) is 3.30. The highest BCUT2D eigenvalue weighted by atomic mass is 16.3. The topological polar surface area (TPSA) is 44.5 Å². The summed E-state index contributed by atoms with van der Waals surface area (Å²) >= 11 is 0. The molecule has 0 saturated carbocycles. The summed E-state index contributed by atoms with van der Waals surface area (Å²) in [6.07, 6.45) is 3.82. The normalized spacial score (nSPS) is 19.1. The molecule has 2 heterocycles. The smallest absolute Gasteiger partial charge is 0.0558 e. The molecular weight excluding hydrogens is 204 g/mol. The fraction of sp³-hybridized carbons (Fsp3) is 0.727. The Morgan fingerprint density at radius 1 is 1.00 bits per heavy atom. The van der Waals surface area contributed by atoms with Gasteiger partial charge in [0.15, 0.2) is 0 Å². The number of aliphatic hydroxyl groups is 1. The lowest BCUT2D eigenvalue weighted by atomic mass is 10.3. The molecule has 1 aromatic rings. The van der Waals surface area contributed by atoms with Gasteiger partial charge in [-0.05, 0) is 6.07 Å². The van der Waals surface area contributed by atoms with E-state index in [1.54, 1.807) is 0 Å². The molecule has 16 heavy (non-hydrogen) atoms. The molecule has 1 N–H and O–H groups in total. The summed E-state index contributed by atoms with van der Waals surface area (Å²) in [7, 11) is 0. The fourth-order valence-electron chi connectivity index (χ4n) is 2.05. The zero-order valence-electron chi connectivity index (χ0n) is 9.62. The number of rotatable bonds is 5. The van der Waals surface area contributed by atoms with Crippen LogP contribution in [0.25, 0.3) is 0 Å². The van der Waals surface area contributed by atoms with E-state index in [-0.39, 0.29) is 6.61 Å². The molecule has 5 nitrogen and oxygen atoms in total. The first-order chi connectivity index (χ1) is 7.88. The van der Waals surface area contributed by atoms with Gasteiger partial charge < -0.3 is 5.11 Å². The summed E-state index contributed by atoms with van der Waals surface area (Å²) in [4.78, 5) is 4.76. The van der Waals surface area contributed by atoms with Crippen LogP contribution < -0.4 is 0 Å². The highest BCUT2D eigenvalue weighted by molar-refractivity contribution is 4.78. The molecule has 0 atom stereocenters. The van der Waals surface area contributed by atoms with Crippen molar-refractivity contribution in [2.45, 2.75) is 6.54 Å². The molecule has 1 saturated heterocycles. The molecule has 1 aromatic heterocycles. The Bertz CT molecular complexity index is 280. The number of β-amino-alcohol motifs (C(OH)–C–C–N with tert-alkyl or cyclic N) is 1. The van der Waals surface area contributed by atoms with Gasteiger partial charge in [-0.2, -0.15) is 5.10 Å². The van der Waals surface area contributed by atoms with Crippen LogP contribution in [-0.2, 0) is 6.54 Å². The van der Waals surface area contributed by atoms with Crippen molar-refractivity contribution in [3.05, 3.63) is 18.5 Å². The Kier molecular flexibility index (Phi) is 4.33. The first-order valence-electron chi connectivity index (χ1n) is 5.91. The van der Waals surface area contributed by atoms with E-state index < -0.39 is 0 Å². The van der Waals surface area contributed by atoms with Crippen molar-refractivity contribution < 1.29 is 5.11 Å². The van der Waals surface area contributed by atoms with Crippen LogP contribution in [-0.4, -0.2) is 70.6 Å². The first kappa shape index (κ1) is 11.6. The fourth-order valence-corrected chi connectivity index (χ4v) is 2.05. The Hall–Kier alpha value is -0.910. The van der Waals surface area contributed by atoms with Gasteiger partial charge in [0.1, 0.15) is 0 Å². The molecule has 0 unspecified atom stereocenters. The molecule has 2 rings (SSSR count). The highest BCUT2D eigenvalue weighted by Gasteiger charge is 2.15. The van der Waals surface area contributed by atoms with Crippen LogP contribution in [0.1, 0.15) is 0 Å². The van der Waals surface area contributed by atoms with E-state index in [0.29, 0.717) is 0 Å². The Balaban J connectivity index is 1.65. The van der Waals surface area contributed by atoms with Crippen molar-refractivity contribution in [1.29, 1.82) is 0 Å². The van der Waals surface area contributed by atoms with Crippen molar-refractivity contribution >= 4 is 0 Å². The molecule has 0 aromatic carbocycles. The van der Waals surface area contributed by atoms with Gasteiger partial charge in [-0.1, -0.05) is 0 Å². The molecule has 1 aliphatic heterocycles. The maximum Gasteiger partial charge on any atom is 0.0558 e. The van der Waals surface area contributed by atoms with E-state index in [4.69, 9.17) is 5.11 Å². The van der Waals surface area contributed by atoms with Crippen LogP contribution in [0.5, 0.6) is 0 Å². The van der Waals surface area contributed by atoms with E-state index in [2.05, 4.69) is 14.9 Å². The van der Waals surface area contributed by atoms with Crippen molar-refractivity contribution in [2.24, 2.45) is 0 Å². The van der Waals surface area contributed by atoms with Crippen LogP contribution in [0, 0.1) is 0 Å². The van der Waals surface area contributed by atoms with Gasteiger partial charge in [0.05, 0.1) is 13.2 Å². The zero-order chi connectivity index (χ0) is 11.2. The van der Waals surface area contributed by atoms with Crippen molar-refractivity contribution in [3.63, 3.8) is 0 Å². The second kappa shape index (κ2) is 5.98. The van der Waals surface area contributed by atoms with E-state index >= 15 is 0 Å². The predicted octanol–water partition coefficient (Wildman–Crippen LogP) is -0.507. The third-order valence-corrected chi connectivity index (χ3v) is 3.09. The third-order valence-electron chi connectivity index (χ3n) is 3.09. The van der Waals surface area contributed by atoms with Crippen LogP contribution in [0.4, 0.5) is 0 Å². The van der Waals surface area contributed by atoms with Gasteiger partial charge in [-0.25, -0.2) is 0 Å². The van der Waals surface area contributed by atoms with E-state index in [1.807, 2.05) is 23.1 Å². The molecular formula is C11H20N4O. The van der Waals surface area contributed by atoms with E-state index in [0.717, 1.165) is 45.8 Å². The van der Waals surface area contributed by atoms with Crippen LogP contribution in [0.3, 0.4) is 0 Å². The van der Waals surface area contributed by atoms with Crippen LogP contribution in [0.15, 0.2) is 18.5 Å². The lowest BCUT2D eigenvalue weighted by molar-refractivity contribution is 0.109. The molecule has 90 valence electrons. The van der Waals surface area contributed by atoms with Crippen molar-refractivity contribution in [1.82, 2.24) is 19.6 Å². The lowest BCUT2D eigenvalue weighted by Gasteiger charge is -2.34. The molecule has 0 amide bonds. The monoisotopic (exact) mass is 224 g/mol. The second-order valence-corrected chi connectivity index (χ2v) is 4.18. The van der Waals surface area contributed by atoms with Gasteiger partial charge in [0.25, 0.3) is 0 Å². The number of hydrogen-bond donors (Lipinski definition) is 1. The first-order valence-corrected chi connectivity index (χ1v) is 5.91. The summed E-state index contributed by atoms with van der Waals surface area (Å²) < 4.78 is 1.97. The number of aromatic nitrogens is 2. The molecule has 0 bridgehead atoms. The minimum Gasteiger partial charge on any atom is -0.395 e. The lowest BCUT2D eigenvalue weighted by Crippen LogP contribution is -2.47. The van der Waals surface area contributed by atoms with Gasteiger partial charge in [0, 0.05) is 51.7 Å². The van der Waals surface area contributed by atoms with Crippen molar-refractivity contribution in [2.75, 3.05) is 45.9 Å². The summed E-state index contributed by atoms with van der Waals surface area (Å²) in [5.74, 6) is 0. The number of nitrogens with zero attached hydrogens (tertiary/aromatic N) is 4. The summed E-state index contributed by atoms with van der Waals surface area (Å²) in [5, 5.41) is 13.0. The Morgan fingerprint density at radius 2 is 1.69 bits per heavy atom. The average molecular weight is 224 g/mol. The number of aliphatic hydroxyl groups excluding tert-OH is 1. The van der Waals surface area contributed by atoms with Crippen LogP contribution in [0.2, 0.25) is 0 Å². The molecule has 0 radical (unpaired) electrons. The maximum atomic E-state index is 8.85. The van der Waals surface area contributed by atoms with Gasteiger partial charge in [0.2, 0.25) is 0 Å². The Labute approximate surface area is 96.3 Å². The second-order valence-electron chi connectivity index (χ2n) is 4.18. The van der Waals surface area contributed by atoms with Gasteiger partial charge in [-0.3, -0.25) is 14.5 Å². The van der Waals surface area contributed by atoms with Gasteiger partial charge >= 0.3 is 0 Å². The number of hydrogen-bond acceptors (Lipinski definition) is 4. The predicted molar refractivity (Wildman–Crippen MR) is 62.2 cm³/mol. The van der Waals surface area contributed by atoms with E-state index in [9.17, 15) is 0 Å². The highest BCUT2D eigenvalue weighted by Crippen LogP contribution is 2.01. The molecule has 1 fully saturated rings. The number of piperazine rings is 1. The Morgan fingerprint density at radius 3 is 2.25 bits per heavy atom. The SMILES string of the molecule is OCCN1CCN(CCn2cccn2)CC1. The minimum absolute atomic E-state index is 0.271. The zero-order valence-corrected chi connectivity index (χ0v) is 9.62. The molecule has 1 aliphatic rings. The largest absolute Gasteiger partial charge is 0.395 e. The molecule has 0 spiro atoms. The molecule has 5 heteroatoms. The van der Waals surface area contributed by atoms with Gasteiger partial charge in [-0.15, -0.1) is 0 Å². The maximum absolute atomic E-state index is 8.85. The summed E-state index contributed by atoms with van der Waals surface area (Å²) in [6.45, 7) is 7.45. The standard InChI is InChI=1S/C11H20N4O/c16-11-10-14-6-4-13(5-7-14)8-9-15-3-1-2-12-15/h1-3,16H,4-11H2. The summed E-state index contributed by atoms with van der Waals surface area (Å²) in [6, 6.07) is 1.96. The van der Waals surface area contributed by atoms with E-state index in [1.165, 1.54) is 0 Å². The quantitative estimate of drug-likeness (QED) is 0.732. The van der Waals surface area contributed by atoms with Crippen LogP contribution >= 0.6 is 0 Å². The average Bonchev–Trinajstić information content (AvgIpc) is 2.82. The summed E-state index contributed by atoms with van der Waals surface area (Å²) in [5.41, 5.74) is 0.